The smallest absolute Gasteiger partial charge is 0.241 e. The van der Waals surface area contributed by atoms with Crippen LogP contribution in [0.25, 0.3) is 0 Å². The van der Waals surface area contributed by atoms with Crippen LogP contribution in [0.4, 0.5) is 0 Å². The van der Waals surface area contributed by atoms with Gasteiger partial charge in [-0.05, 0) is 6.42 Å². The molecule has 6 nitrogen and oxygen atoms in total. The summed E-state index contributed by atoms with van der Waals surface area (Å²) >= 11 is 0. The lowest BCUT2D eigenvalue weighted by Crippen LogP contribution is -2.58. The number of amides is 1. The zero-order valence-electron chi connectivity index (χ0n) is 13.1. The molecule has 0 aromatic carbocycles. The Morgan fingerprint density at radius 3 is 2.48 bits per heavy atom. The Labute approximate surface area is 140 Å². The van der Waals surface area contributed by atoms with Crippen molar-refractivity contribution >= 4 is 30.7 Å². The Hall–Kier alpha value is -0.110. The summed E-state index contributed by atoms with van der Waals surface area (Å²) in [6, 6.07) is -0.157. The van der Waals surface area contributed by atoms with Crippen LogP contribution in [0.5, 0.6) is 0 Å². The molecule has 1 heterocycles. The number of ether oxygens (including phenoxy) is 2. The summed E-state index contributed by atoms with van der Waals surface area (Å²) < 4.78 is 10.1. The maximum absolute atomic E-state index is 12.1. The number of nitrogens with zero attached hydrogens (tertiary/aromatic N) is 2. The van der Waals surface area contributed by atoms with Gasteiger partial charge < -0.3 is 20.1 Å². The van der Waals surface area contributed by atoms with Crippen molar-refractivity contribution in [3.63, 3.8) is 0 Å². The van der Waals surface area contributed by atoms with E-state index in [4.69, 9.17) is 15.2 Å². The molecule has 0 aromatic heterocycles. The first-order valence-electron chi connectivity index (χ1n) is 6.90. The molecular weight excluding hydrogens is 317 g/mol. The van der Waals surface area contributed by atoms with Crippen molar-refractivity contribution in [3.05, 3.63) is 0 Å². The van der Waals surface area contributed by atoms with E-state index in [1.807, 2.05) is 4.90 Å². The Morgan fingerprint density at radius 2 is 1.95 bits per heavy atom. The van der Waals surface area contributed by atoms with Gasteiger partial charge in [-0.2, -0.15) is 0 Å². The third-order valence-corrected chi connectivity index (χ3v) is 3.63. The average Bonchev–Trinajstić information content (AvgIpc) is 2.44. The summed E-state index contributed by atoms with van der Waals surface area (Å²) in [6.07, 6.45) is 1.02. The first kappa shape index (κ1) is 23.2. The van der Waals surface area contributed by atoms with Crippen LogP contribution in [-0.2, 0) is 14.3 Å². The molecule has 2 unspecified atom stereocenters. The van der Waals surface area contributed by atoms with Gasteiger partial charge >= 0.3 is 0 Å². The molecule has 0 saturated carbocycles. The first-order valence-corrected chi connectivity index (χ1v) is 6.90. The van der Waals surface area contributed by atoms with Crippen LogP contribution in [0.15, 0.2) is 0 Å². The third-order valence-electron chi connectivity index (χ3n) is 3.63. The molecule has 0 aromatic rings. The van der Waals surface area contributed by atoms with E-state index in [2.05, 4.69) is 11.8 Å². The fraction of sp³-hybridized carbons (Fsp3) is 0.923. The minimum Gasteiger partial charge on any atom is -0.383 e. The summed E-state index contributed by atoms with van der Waals surface area (Å²) in [5.74, 6) is -0.00769. The van der Waals surface area contributed by atoms with Crippen LogP contribution in [0.3, 0.4) is 0 Å². The number of hydrogen-bond acceptors (Lipinski definition) is 5. The number of halogens is 2. The quantitative estimate of drug-likeness (QED) is 0.722. The lowest BCUT2D eigenvalue weighted by Gasteiger charge is -2.41. The zero-order chi connectivity index (χ0) is 14.3. The van der Waals surface area contributed by atoms with Gasteiger partial charge in [-0.1, -0.05) is 6.92 Å². The topological polar surface area (TPSA) is 68.0 Å². The van der Waals surface area contributed by atoms with E-state index in [0.29, 0.717) is 6.04 Å². The van der Waals surface area contributed by atoms with Crippen LogP contribution in [0.2, 0.25) is 0 Å². The number of piperazine rings is 1. The lowest BCUT2D eigenvalue weighted by atomic mass is 10.1. The summed E-state index contributed by atoms with van der Waals surface area (Å²) in [5.41, 5.74) is 5.81. The van der Waals surface area contributed by atoms with Crippen molar-refractivity contribution in [2.75, 3.05) is 53.6 Å². The van der Waals surface area contributed by atoms with Crippen LogP contribution in [0, 0.1) is 0 Å². The molecule has 1 fully saturated rings. The van der Waals surface area contributed by atoms with Gasteiger partial charge in [0.25, 0.3) is 0 Å². The number of rotatable bonds is 7. The second-order valence-corrected chi connectivity index (χ2v) is 4.94. The second kappa shape index (κ2) is 12.4. The molecule has 128 valence electrons. The SMILES string of the molecule is CCC1CN(C(=O)C(N)COC)CCN1CCOC.Cl.Cl. The predicted octanol–water partition coefficient (Wildman–Crippen LogP) is 0.373. The van der Waals surface area contributed by atoms with Gasteiger partial charge in [-0.25, -0.2) is 0 Å². The van der Waals surface area contributed by atoms with Gasteiger partial charge in [0, 0.05) is 46.4 Å². The van der Waals surface area contributed by atoms with E-state index in [0.717, 1.165) is 39.2 Å². The Morgan fingerprint density at radius 1 is 1.29 bits per heavy atom. The summed E-state index contributed by atoms with van der Waals surface area (Å²) in [4.78, 5) is 16.4. The monoisotopic (exact) mass is 345 g/mol. The summed E-state index contributed by atoms with van der Waals surface area (Å²) in [5, 5.41) is 0. The number of carbonyl (C=O) groups is 1. The fourth-order valence-corrected chi connectivity index (χ4v) is 2.47. The molecule has 2 N–H and O–H groups in total. The molecule has 1 saturated heterocycles. The van der Waals surface area contributed by atoms with Crippen molar-refractivity contribution in [2.24, 2.45) is 5.73 Å². The van der Waals surface area contributed by atoms with E-state index >= 15 is 0 Å². The number of hydrogen-bond donors (Lipinski definition) is 1. The largest absolute Gasteiger partial charge is 0.383 e. The van der Waals surface area contributed by atoms with Crippen molar-refractivity contribution in [3.8, 4) is 0 Å². The highest BCUT2D eigenvalue weighted by molar-refractivity contribution is 5.85. The normalized spacial score (nSPS) is 20.4. The molecule has 0 aliphatic carbocycles. The van der Waals surface area contributed by atoms with Crippen LogP contribution < -0.4 is 5.73 Å². The zero-order valence-corrected chi connectivity index (χ0v) is 14.8. The van der Waals surface area contributed by atoms with Gasteiger partial charge in [0.1, 0.15) is 6.04 Å². The van der Waals surface area contributed by atoms with Gasteiger partial charge in [-0.3, -0.25) is 9.69 Å². The maximum Gasteiger partial charge on any atom is 0.241 e. The van der Waals surface area contributed by atoms with Gasteiger partial charge in [0.15, 0.2) is 0 Å². The molecule has 2 atom stereocenters. The first-order chi connectivity index (χ1) is 9.13. The highest BCUT2D eigenvalue weighted by Crippen LogP contribution is 2.13. The molecule has 1 amide bonds. The number of carbonyl (C=O) groups excluding carboxylic acids is 1. The van der Waals surface area contributed by atoms with Crippen LogP contribution in [0.1, 0.15) is 13.3 Å². The number of nitrogens with two attached hydrogens (primary N) is 1. The van der Waals surface area contributed by atoms with Gasteiger partial charge in [0.2, 0.25) is 5.91 Å². The molecule has 21 heavy (non-hydrogen) atoms. The van der Waals surface area contributed by atoms with Gasteiger partial charge in [0.05, 0.1) is 13.2 Å². The highest BCUT2D eigenvalue weighted by Gasteiger charge is 2.30. The summed E-state index contributed by atoms with van der Waals surface area (Å²) in [7, 11) is 3.27. The van der Waals surface area contributed by atoms with E-state index in [-0.39, 0.29) is 37.3 Å². The number of methoxy groups -OCH3 is 2. The Kier molecular flexibility index (Phi) is 13.7. The average molecular weight is 346 g/mol. The molecular formula is C13H29Cl2N3O3. The van der Waals surface area contributed by atoms with E-state index in [9.17, 15) is 4.79 Å². The lowest BCUT2D eigenvalue weighted by molar-refractivity contribution is -0.137. The van der Waals surface area contributed by atoms with Gasteiger partial charge in [-0.15, -0.1) is 24.8 Å². The highest BCUT2D eigenvalue weighted by atomic mass is 35.5. The molecule has 0 spiro atoms. The third kappa shape index (κ3) is 7.13. The van der Waals surface area contributed by atoms with Crippen LogP contribution >= 0.6 is 24.8 Å². The van der Waals surface area contributed by atoms with Crippen molar-refractivity contribution in [2.45, 2.75) is 25.4 Å². The van der Waals surface area contributed by atoms with Crippen molar-refractivity contribution in [1.29, 1.82) is 0 Å². The molecule has 1 rings (SSSR count). The standard InChI is InChI=1S/C13H27N3O3.2ClH/c1-4-11-9-16(13(17)12(14)10-19-3)6-5-15(11)7-8-18-2;;/h11-12H,4-10,14H2,1-3H3;2*1H. The Balaban J connectivity index is 0. The molecule has 1 aliphatic heterocycles. The Bertz CT molecular complexity index is 285. The van der Waals surface area contributed by atoms with Crippen LogP contribution in [-0.4, -0.2) is 81.4 Å². The van der Waals surface area contributed by atoms with Crippen molar-refractivity contribution in [1.82, 2.24) is 9.80 Å². The van der Waals surface area contributed by atoms with E-state index in [1.165, 1.54) is 0 Å². The second-order valence-electron chi connectivity index (χ2n) is 4.94. The molecule has 0 radical (unpaired) electrons. The molecule has 8 heteroatoms. The minimum atomic E-state index is -0.548. The van der Waals surface area contributed by atoms with Crippen molar-refractivity contribution < 1.29 is 14.3 Å². The molecule has 0 bridgehead atoms. The molecule has 1 aliphatic rings. The van der Waals surface area contributed by atoms with E-state index in [1.54, 1.807) is 14.2 Å². The summed E-state index contributed by atoms with van der Waals surface area (Å²) in [6.45, 7) is 6.43. The van der Waals surface area contributed by atoms with E-state index < -0.39 is 6.04 Å². The predicted molar refractivity (Wildman–Crippen MR) is 88.5 cm³/mol. The maximum atomic E-state index is 12.1. The minimum absolute atomic E-state index is 0. The fourth-order valence-electron chi connectivity index (χ4n) is 2.47.